The largest absolute Gasteiger partial charge is 0.313 e. The van der Waals surface area contributed by atoms with Crippen molar-refractivity contribution in [1.29, 1.82) is 0 Å². The highest BCUT2D eigenvalue weighted by Gasteiger charge is 2.32. The molecule has 1 aromatic carbocycles. The fraction of sp³-hybridized carbons (Fsp3) is 0.455. The summed E-state index contributed by atoms with van der Waals surface area (Å²) in [7, 11) is -0.908. The molecule has 0 aromatic heterocycles. The Labute approximate surface area is 112 Å². The molecule has 0 unspecified atom stereocenters. The Balaban J connectivity index is 3.21. The fourth-order valence-corrected chi connectivity index (χ4v) is 3.74. The van der Waals surface area contributed by atoms with Gasteiger partial charge in [-0.2, -0.15) is 16.4 Å². The molecule has 102 valence electrons. The van der Waals surface area contributed by atoms with Crippen molar-refractivity contribution in [2.24, 2.45) is 0 Å². The molecule has 4 nitrogen and oxygen atoms in total. The molecule has 1 rings (SSSR count). The Morgan fingerprint density at radius 2 is 1.67 bits per heavy atom. The van der Waals surface area contributed by atoms with E-state index < -0.39 is 15.2 Å². The van der Waals surface area contributed by atoms with Crippen LogP contribution in [-0.2, 0) is 10.2 Å². The lowest BCUT2D eigenvalue weighted by Gasteiger charge is -2.29. The molecule has 1 aromatic rings. The SMILES string of the molecule is CN(C)S(=O)(=O)N(SC(C)(C)F)c1ccccc1. The zero-order valence-electron chi connectivity index (χ0n) is 10.8. The second-order valence-electron chi connectivity index (χ2n) is 4.31. The van der Waals surface area contributed by atoms with Crippen molar-refractivity contribution in [3.05, 3.63) is 30.3 Å². The van der Waals surface area contributed by atoms with E-state index in [1.165, 1.54) is 27.9 Å². The highest BCUT2D eigenvalue weighted by Crippen LogP contribution is 2.36. The predicted molar refractivity (Wildman–Crippen MR) is 74.3 cm³/mol. The molecule has 0 bridgehead atoms. The molecule has 0 aliphatic carbocycles. The van der Waals surface area contributed by atoms with Crippen molar-refractivity contribution in [2.45, 2.75) is 18.8 Å². The van der Waals surface area contributed by atoms with Crippen molar-refractivity contribution in [3.8, 4) is 0 Å². The summed E-state index contributed by atoms with van der Waals surface area (Å²) in [5.41, 5.74) is 0.418. The van der Waals surface area contributed by atoms with Crippen LogP contribution < -0.4 is 3.71 Å². The minimum Gasteiger partial charge on any atom is -0.231 e. The number of para-hydroxylation sites is 1. The maximum absolute atomic E-state index is 13.8. The van der Waals surface area contributed by atoms with E-state index in [9.17, 15) is 12.8 Å². The van der Waals surface area contributed by atoms with Gasteiger partial charge < -0.3 is 0 Å². The van der Waals surface area contributed by atoms with Gasteiger partial charge in [0.1, 0.15) is 0 Å². The third-order valence-electron chi connectivity index (χ3n) is 1.94. The number of nitrogens with zero attached hydrogens (tertiary/aromatic N) is 2. The van der Waals surface area contributed by atoms with Gasteiger partial charge in [-0.25, -0.2) is 4.39 Å². The summed E-state index contributed by atoms with van der Waals surface area (Å²) >= 11 is 0.627. The van der Waals surface area contributed by atoms with Crippen LogP contribution >= 0.6 is 11.9 Å². The number of halogens is 1. The molecule has 0 radical (unpaired) electrons. The highest BCUT2D eigenvalue weighted by molar-refractivity contribution is 8.14. The second-order valence-corrected chi connectivity index (χ2v) is 8.05. The molecule has 18 heavy (non-hydrogen) atoms. The summed E-state index contributed by atoms with van der Waals surface area (Å²) in [6.07, 6.45) is 0. The highest BCUT2D eigenvalue weighted by atomic mass is 32.3. The van der Waals surface area contributed by atoms with E-state index in [0.717, 1.165) is 8.02 Å². The van der Waals surface area contributed by atoms with E-state index >= 15 is 0 Å². The molecule has 0 fully saturated rings. The Bertz CT molecular complexity index is 484. The first kappa shape index (κ1) is 15.3. The molecule has 7 heteroatoms. The molecular weight excluding hydrogens is 275 g/mol. The van der Waals surface area contributed by atoms with Crippen LogP contribution in [0.4, 0.5) is 10.1 Å². The average Bonchev–Trinajstić information content (AvgIpc) is 2.25. The van der Waals surface area contributed by atoms with Crippen LogP contribution in [0.25, 0.3) is 0 Å². The minimum atomic E-state index is -3.74. The predicted octanol–water partition coefficient (Wildman–Crippen LogP) is 2.65. The molecule has 0 N–H and O–H groups in total. The fourth-order valence-electron chi connectivity index (χ4n) is 1.13. The quantitative estimate of drug-likeness (QED) is 0.783. The van der Waals surface area contributed by atoms with Crippen LogP contribution in [0.1, 0.15) is 13.8 Å². The van der Waals surface area contributed by atoms with Gasteiger partial charge >= 0.3 is 10.2 Å². The summed E-state index contributed by atoms with van der Waals surface area (Å²) in [6.45, 7) is 2.64. The third-order valence-corrected chi connectivity index (χ3v) is 5.09. The molecule has 0 atom stereocenters. The van der Waals surface area contributed by atoms with Gasteiger partial charge in [-0.3, -0.25) is 0 Å². The summed E-state index contributed by atoms with van der Waals surface area (Å²) in [5.74, 6) is 0. The number of hydrogen-bond acceptors (Lipinski definition) is 3. The molecule has 0 aliphatic heterocycles. The monoisotopic (exact) mass is 292 g/mol. The Morgan fingerprint density at radius 3 is 2.06 bits per heavy atom. The molecule has 0 heterocycles. The lowest BCUT2D eigenvalue weighted by atomic mass is 10.3. The normalized spacial score (nSPS) is 12.8. The number of benzene rings is 1. The van der Waals surface area contributed by atoms with Gasteiger partial charge in [-0.15, -0.1) is 0 Å². The first-order valence-corrected chi connectivity index (χ1v) is 7.47. The third kappa shape index (κ3) is 3.86. The lowest BCUT2D eigenvalue weighted by Crippen LogP contribution is -2.38. The molecule has 0 saturated heterocycles. The number of rotatable bonds is 5. The zero-order chi connectivity index (χ0) is 14.0. The van der Waals surface area contributed by atoms with Crippen molar-refractivity contribution >= 4 is 27.8 Å². The van der Waals surface area contributed by atoms with Crippen LogP contribution in [0, 0.1) is 0 Å². The molecular formula is C11H17FN2O2S2. The van der Waals surface area contributed by atoms with Crippen molar-refractivity contribution in [2.75, 3.05) is 17.8 Å². The van der Waals surface area contributed by atoms with Crippen molar-refractivity contribution in [1.82, 2.24) is 4.31 Å². The minimum absolute atomic E-state index is 0.418. The summed E-state index contributed by atoms with van der Waals surface area (Å²) in [5, 5.41) is -1.70. The smallest absolute Gasteiger partial charge is 0.231 e. The Morgan fingerprint density at radius 1 is 1.17 bits per heavy atom. The van der Waals surface area contributed by atoms with E-state index in [1.54, 1.807) is 30.3 Å². The number of hydrogen-bond donors (Lipinski definition) is 0. The lowest BCUT2D eigenvalue weighted by molar-refractivity contribution is 0.346. The average molecular weight is 292 g/mol. The maximum Gasteiger partial charge on any atom is 0.313 e. The van der Waals surface area contributed by atoms with Crippen LogP contribution in [0.15, 0.2) is 30.3 Å². The molecule has 0 amide bonds. The van der Waals surface area contributed by atoms with Gasteiger partial charge in [0, 0.05) is 26.0 Å². The van der Waals surface area contributed by atoms with Gasteiger partial charge in [0.15, 0.2) is 5.00 Å². The summed E-state index contributed by atoms with van der Waals surface area (Å²) in [4.78, 5) is 0. The summed E-state index contributed by atoms with van der Waals surface area (Å²) in [6, 6.07) is 8.44. The molecule has 0 aliphatic rings. The van der Waals surface area contributed by atoms with E-state index in [1.807, 2.05) is 0 Å². The Hall–Kier alpha value is -0.790. The van der Waals surface area contributed by atoms with Crippen LogP contribution in [-0.4, -0.2) is 31.8 Å². The number of anilines is 1. The van der Waals surface area contributed by atoms with E-state index in [-0.39, 0.29) is 0 Å². The van der Waals surface area contributed by atoms with Gasteiger partial charge in [0.25, 0.3) is 0 Å². The van der Waals surface area contributed by atoms with E-state index in [0.29, 0.717) is 17.6 Å². The first-order chi connectivity index (χ1) is 8.14. The van der Waals surface area contributed by atoms with Crippen molar-refractivity contribution < 1.29 is 12.8 Å². The van der Waals surface area contributed by atoms with Crippen molar-refractivity contribution in [3.63, 3.8) is 0 Å². The van der Waals surface area contributed by atoms with E-state index in [4.69, 9.17) is 0 Å². The molecule has 0 saturated carbocycles. The van der Waals surface area contributed by atoms with Crippen LogP contribution in [0.2, 0.25) is 0 Å². The van der Waals surface area contributed by atoms with E-state index in [2.05, 4.69) is 0 Å². The zero-order valence-corrected chi connectivity index (χ0v) is 12.4. The first-order valence-electron chi connectivity index (χ1n) is 5.30. The molecule has 0 spiro atoms. The standard InChI is InChI=1S/C11H17FN2O2S2/c1-11(2,12)17-14(18(15,16)13(3)4)10-8-6-5-7-9-10/h5-9H,1-4H3. The van der Waals surface area contributed by atoms with Crippen LogP contribution in [0.5, 0.6) is 0 Å². The maximum atomic E-state index is 13.8. The van der Waals surface area contributed by atoms with Gasteiger partial charge in [0.2, 0.25) is 0 Å². The number of alkyl halides is 1. The van der Waals surface area contributed by atoms with Gasteiger partial charge in [-0.1, -0.05) is 18.2 Å². The topological polar surface area (TPSA) is 40.6 Å². The second kappa shape index (κ2) is 5.46. The summed E-state index contributed by atoms with van der Waals surface area (Å²) < 4.78 is 40.2. The van der Waals surface area contributed by atoms with Crippen LogP contribution in [0.3, 0.4) is 0 Å². The Kier molecular flexibility index (Phi) is 4.63. The van der Waals surface area contributed by atoms with Gasteiger partial charge in [-0.05, 0) is 26.0 Å². The van der Waals surface area contributed by atoms with Gasteiger partial charge in [0.05, 0.1) is 5.69 Å².